The Labute approximate surface area is 162 Å². The Hall–Kier alpha value is -3.76. The molecule has 0 heterocycles. The third-order valence-electron chi connectivity index (χ3n) is 3.58. The van der Waals surface area contributed by atoms with Crippen LogP contribution >= 0.6 is 0 Å². The molecule has 0 aliphatic carbocycles. The van der Waals surface area contributed by atoms with Crippen molar-refractivity contribution in [1.82, 2.24) is 5.43 Å². The molecule has 0 saturated heterocycles. The van der Waals surface area contributed by atoms with E-state index in [1.54, 1.807) is 0 Å². The Balaban J connectivity index is 1.93. The van der Waals surface area contributed by atoms with E-state index in [4.69, 9.17) is 0 Å². The lowest BCUT2D eigenvalue weighted by atomic mass is 10.2. The summed E-state index contributed by atoms with van der Waals surface area (Å²) in [5, 5.41) is 16.7. The summed E-state index contributed by atoms with van der Waals surface area (Å²) in [7, 11) is 0. The number of hydrogen-bond donors (Lipinski definition) is 2. The highest BCUT2D eigenvalue weighted by Crippen LogP contribution is 2.30. The number of nitrogens with one attached hydrogen (secondary N) is 2. The van der Waals surface area contributed by atoms with Gasteiger partial charge in [-0.2, -0.15) is 18.3 Å². The number of halogens is 3. The van der Waals surface area contributed by atoms with E-state index in [9.17, 15) is 32.9 Å². The van der Waals surface area contributed by atoms with Crippen LogP contribution < -0.4 is 10.7 Å². The van der Waals surface area contributed by atoms with Crippen LogP contribution in [0.4, 0.5) is 24.5 Å². The van der Waals surface area contributed by atoms with Crippen molar-refractivity contribution in [3.05, 3.63) is 69.8 Å². The van der Waals surface area contributed by atoms with Crippen molar-refractivity contribution in [2.75, 3.05) is 5.32 Å². The van der Waals surface area contributed by atoms with Crippen LogP contribution in [0.2, 0.25) is 0 Å². The van der Waals surface area contributed by atoms with E-state index in [2.05, 4.69) is 15.8 Å². The first-order chi connectivity index (χ1) is 13.6. The molecule has 0 unspecified atom stereocenters. The molecule has 0 saturated carbocycles. The van der Waals surface area contributed by atoms with Gasteiger partial charge in [0.05, 0.1) is 16.9 Å². The Bertz CT molecular complexity index is 956. The van der Waals surface area contributed by atoms with E-state index >= 15 is 0 Å². The summed E-state index contributed by atoms with van der Waals surface area (Å²) in [5.74, 6) is -1.26. The van der Waals surface area contributed by atoms with E-state index < -0.39 is 28.5 Å². The number of hydrogen-bond acceptors (Lipinski definition) is 5. The molecular formula is C18H15F3N4O4. The van der Waals surface area contributed by atoms with Crippen LogP contribution in [0.15, 0.2) is 53.6 Å². The fourth-order valence-corrected chi connectivity index (χ4v) is 2.20. The van der Waals surface area contributed by atoms with Crippen molar-refractivity contribution in [1.29, 1.82) is 0 Å². The van der Waals surface area contributed by atoms with Gasteiger partial charge in [0.15, 0.2) is 0 Å². The number of carbonyl (C=O) groups is 2. The predicted octanol–water partition coefficient (Wildman–Crippen LogP) is 3.75. The summed E-state index contributed by atoms with van der Waals surface area (Å²) >= 11 is 0. The molecule has 0 aromatic heterocycles. The largest absolute Gasteiger partial charge is 0.416 e. The Morgan fingerprint density at radius 2 is 1.79 bits per heavy atom. The van der Waals surface area contributed by atoms with Gasteiger partial charge in [-0.15, -0.1) is 0 Å². The second-order valence-electron chi connectivity index (χ2n) is 5.90. The van der Waals surface area contributed by atoms with Crippen LogP contribution in [0.3, 0.4) is 0 Å². The van der Waals surface area contributed by atoms with Crippen LogP contribution in [-0.2, 0) is 11.0 Å². The number of non-ortho nitro benzene ring substituents is 1. The molecule has 2 aromatic rings. The molecule has 152 valence electrons. The lowest BCUT2D eigenvalue weighted by molar-refractivity contribution is -0.384. The highest BCUT2D eigenvalue weighted by Gasteiger charge is 2.30. The maximum atomic E-state index is 12.7. The Morgan fingerprint density at radius 1 is 1.14 bits per heavy atom. The molecular weight excluding hydrogens is 393 g/mol. The van der Waals surface area contributed by atoms with Gasteiger partial charge in [-0.05, 0) is 37.3 Å². The fraction of sp³-hybridized carbons (Fsp3) is 0.167. The number of hydrazone groups is 1. The van der Waals surface area contributed by atoms with Gasteiger partial charge in [-0.1, -0.05) is 6.07 Å². The van der Waals surface area contributed by atoms with Crippen LogP contribution in [-0.4, -0.2) is 22.4 Å². The van der Waals surface area contributed by atoms with Gasteiger partial charge in [-0.3, -0.25) is 19.7 Å². The molecule has 2 N–H and O–H groups in total. The minimum absolute atomic E-state index is 0.0208. The third-order valence-corrected chi connectivity index (χ3v) is 3.58. The Kier molecular flexibility index (Phi) is 6.65. The van der Waals surface area contributed by atoms with E-state index in [1.165, 1.54) is 31.2 Å². The molecule has 2 amide bonds. The molecule has 11 heteroatoms. The van der Waals surface area contributed by atoms with Crippen LogP contribution in [0.1, 0.15) is 29.3 Å². The van der Waals surface area contributed by atoms with Gasteiger partial charge in [0.1, 0.15) is 0 Å². The summed E-state index contributed by atoms with van der Waals surface area (Å²) in [4.78, 5) is 33.9. The second-order valence-corrected chi connectivity index (χ2v) is 5.90. The molecule has 2 rings (SSSR count). The van der Waals surface area contributed by atoms with Crippen LogP contribution in [0.25, 0.3) is 0 Å². The number of nitro benzene ring substituents is 1. The molecule has 0 fully saturated rings. The standard InChI is InChI=1S/C18H15F3N4O4/c1-11(23-24-17(27)12-5-7-15(8-6-12)25(28)29)9-16(26)22-14-4-2-3-13(10-14)18(19,20)21/h2-8,10H,9H2,1H3,(H,22,26)(H,24,27). The van der Waals surface area contributed by atoms with E-state index in [-0.39, 0.29) is 29.1 Å². The molecule has 2 aromatic carbocycles. The lowest BCUT2D eigenvalue weighted by Crippen LogP contribution is -2.21. The number of rotatable bonds is 6. The Morgan fingerprint density at radius 3 is 2.38 bits per heavy atom. The van der Waals surface area contributed by atoms with Crippen LogP contribution in [0, 0.1) is 10.1 Å². The second kappa shape index (κ2) is 8.95. The van der Waals surface area contributed by atoms with Gasteiger partial charge in [0, 0.05) is 29.1 Å². The van der Waals surface area contributed by atoms with E-state index in [1.807, 2.05) is 0 Å². The van der Waals surface area contributed by atoms with Gasteiger partial charge in [0.2, 0.25) is 5.91 Å². The molecule has 29 heavy (non-hydrogen) atoms. The number of alkyl halides is 3. The summed E-state index contributed by atoms with van der Waals surface area (Å²) in [5.41, 5.74) is 1.43. The van der Waals surface area contributed by atoms with Crippen molar-refractivity contribution >= 4 is 28.9 Å². The number of nitro groups is 1. The molecule has 0 spiro atoms. The average molecular weight is 408 g/mol. The number of benzene rings is 2. The lowest BCUT2D eigenvalue weighted by Gasteiger charge is -2.10. The quantitative estimate of drug-likeness (QED) is 0.430. The van der Waals surface area contributed by atoms with Gasteiger partial charge in [-0.25, -0.2) is 5.43 Å². The van der Waals surface area contributed by atoms with Crippen molar-refractivity contribution in [2.45, 2.75) is 19.5 Å². The number of carbonyl (C=O) groups excluding carboxylic acids is 2. The number of anilines is 1. The minimum Gasteiger partial charge on any atom is -0.326 e. The summed E-state index contributed by atoms with van der Waals surface area (Å²) in [6, 6.07) is 9.00. The van der Waals surface area contributed by atoms with Crippen molar-refractivity contribution in [2.24, 2.45) is 5.10 Å². The first-order valence-electron chi connectivity index (χ1n) is 8.11. The normalized spacial score (nSPS) is 11.7. The smallest absolute Gasteiger partial charge is 0.326 e. The first kappa shape index (κ1) is 21.5. The molecule has 8 nitrogen and oxygen atoms in total. The number of nitrogens with zero attached hydrogens (tertiary/aromatic N) is 2. The minimum atomic E-state index is -4.53. The average Bonchev–Trinajstić information content (AvgIpc) is 2.65. The topological polar surface area (TPSA) is 114 Å². The zero-order chi connectivity index (χ0) is 21.6. The maximum absolute atomic E-state index is 12.7. The number of amides is 2. The predicted molar refractivity (Wildman–Crippen MR) is 98.4 cm³/mol. The van der Waals surface area contributed by atoms with Gasteiger partial charge < -0.3 is 5.32 Å². The van der Waals surface area contributed by atoms with Crippen molar-refractivity contribution < 1.29 is 27.7 Å². The summed E-state index contributed by atoms with van der Waals surface area (Å²) in [6.07, 6.45) is -4.79. The molecule has 0 radical (unpaired) electrons. The van der Waals surface area contributed by atoms with Crippen molar-refractivity contribution in [3.8, 4) is 0 Å². The van der Waals surface area contributed by atoms with Gasteiger partial charge in [0.25, 0.3) is 11.6 Å². The summed E-state index contributed by atoms with van der Waals surface area (Å²) in [6.45, 7) is 1.45. The molecule has 0 bridgehead atoms. The van der Waals surface area contributed by atoms with Crippen molar-refractivity contribution in [3.63, 3.8) is 0 Å². The zero-order valence-electron chi connectivity index (χ0n) is 15.0. The molecule has 0 aliphatic rings. The highest BCUT2D eigenvalue weighted by molar-refractivity contribution is 6.06. The monoisotopic (exact) mass is 408 g/mol. The van der Waals surface area contributed by atoms with Gasteiger partial charge >= 0.3 is 6.18 Å². The maximum Gasteiger partial charge on any atom is 0.416 e. The fourth-order valence-electron chi connectivity index (χ4n) is 2.20. The van der Waals surface area contributed by atoms with E-state index in [0.29, 0.717) is 0 Å². The summed E-state index contributed by atoms with van der Waals surface area (Å²) < 4.78 is 38.1. The first-order valence-corrected chi connectivity index (χ1v) is 8.11. The van der Waals surface area contributed by atoms with E-state index in [0.717, 1.165) is 24.3 Å². The highest BCUT2D eigenvalue weighted by atomic mass is 19.4. The SMILES string of the molecule is CC(CC(=O)Nc1cccc(C(F)(F)F)c1)=NNC(=O)c1ccc([N+](=O)[O-])cc1. The molecule has 0 aliphatic heterocycles. The zero-order valence-corrected chi connectivity index (χ0v) is 15.0. The van der Waals surface area contributed by atoms with Crippen LogP contribution in [0.5, 0.6) is 0 Å². The third kappa shape index (κ3) is 6.41. The molecule has 0 atom stereocenters.